The fraction of sp³-hybridized carbons (Fsp3) is 0.588. The normalized spacial score (nSPS) is 22.2. The molecule has 2 amide bonds. The zero-order valence-electron chi connectivity index (χ0n) is 14.7. The van der Waals surface area contributed by atoms with Gasteiger partial charge in [0.2, 0.25) is 11.8 Å². The fourth-order valence-electron chi connectivity index (χ4n) is 3.35. The monoisotopic (exact) mass is 401 g/mol. The van der Waals surface area contributed by atoms with E-state index < -0.39 is 12.0 Å². The summed E-state index contributed by atoms with van der Waals surface area (Å²) in [5.74, 6) is -0.146. The summed E-state index contributed by atoms with van der Waals surface area (Å²) >= 11 is 1.33. The highest BCUT2D eigenvalue weighted by atomic mass is 35.5. The van der Waals surface area contributed by atoms with Gasteiger partial charge in [-0.15, -0.1) is 23.7 Å². The van der Waals surface area contributed by atoms with Crippen molar-refractivity contribution in [2.75, 3.05) is 31.6 Å². The molecule has 2 unspecified atom stereocenters. The first-order valence-corrected chi connectivity index (χ1v) is 9.45. The molecule has 9 heteroatoms. The number of halogens is 1. The van der Waals surface area contributed by atoms with E-state index in [1.54, 1.807) is 16.3 Å². The maximum atomic E-state index is 12.6. The lowest BCUT2D eigenvalue weighted by atomic mass is 10.0. The van der Waals surface area contributed by atoms with Crippen LogP contribution in [0.1, 0.15) is 36.0 Å². The average Bonchev–Trinajstić information content (AvgIpc) is 3.34. The number of carbonyl (C=O) groups excluding carboxylic acids is 3. The van der Waals surface area contributed by atoms with Crippen LogP contribution in [0.4, 0.5) is 5.00 Å². The van der Waals surface area contributed by atoms with Crippen LogP contribution in [0.25, 0.3) is 0 Å². The predicted octanol–water partition coefficient (Wildman–Crippen LogP) is 1.57. The van der Waals surface area contributed by atoms with Crippen molar-refractivity contribution < 1.29 is 19.1 Å². The van der Waals surface area contributed by atoms with Crippen LogP contribution in [-0.2, 0) is 14.3 Å². The van der Waals surface area contributed by atoms with Crippen molar-refractivity contribution in [3.05, 3.63) is 17.0 Å². The van der Waals surface area contributed by atoms with E-state index in [2.05, 4.69) is 10.6 Å². The summed E-state index contributed by atoms with van der Waals surface area (Å²) in [4.78, 5) is 38.1. The number of hydrogen-bond acceptors (Lipinski definition) is 6. The molecule has 7 nitrogen and oxygen atoms in total. The second-order valence-electron chi connectivity index (χ2n) is 6.43. The second-order valence-corrected chi connectivity index (χ2v) is 7.32. The van der Waals surface area contributed by atoms with Gasteiger partial charge in [-0.1, -0.05) is 0 Å². The third-order valence-corrected chi connectivity index (χ3v) is 5.71. The van der Waals surface area contributed by atoms with Crippen LogP contribution in [0.5, 0.6) is 0 Å². The minimum Gasteiger partial charge on any atom is -0.465 e. The van der Waals surface area contributed by atoms with Gasteiger partial charge in [0, 0.05) is 13.0 Å². The smallest absolute Gasteiger partial charge is 0.340 e. The molecule has 2 fully saturated rings. The van der Waals surface area contributed by atoms with Gasteiger partial charge >= 0.3 is 5.97 Å². The van der Waals surface area contributed by atoms with Gasteiger partial charge in [0.1, 0.15) is 11.0 Å². The molecule has 0 aromatic carbocycles. The first kappa shape index (κ1) is 20.7. The number of amides is 2. The van der Waals surface area contributed by atoms with Crippen LogP contribution >= 0.6 is 23.7 Å². The highest BCUT2D eigenvalue weighted by molar-refractivity contribution is 7.14. The van der Waals surface area contributed by atoms with Crippen molar-refractivity contribution >= 4 is 46.5 Å². The van der Waals surface area contributed by atoms with Crippen LogP contribution in [0, 0.1) is 5.92 Å². The number of thiophene rings is 1. The number of anilines is 1. The number of ether oxygens (including phenoxy) is 1. The van der Waals surface area contributed by atoms with E-state index >= 15 is 0 Å². The molecule has 2 N–H and O–H groups in total. The zero-order chi connectivity index (χ0) is 17.8. The summed E-state index contributed by atoms with van der Waals surface area (Å²) in [7, 11) is 1.32. The molecule has 2 atom stereocenters. The van der Waals surface area contributed by atoms with Crippen molar-refractivity contribution in [2.24, 2.45) is 5.92 Å². The van der Waals surface area contributed by atoms with Crippen molar-refractivity contribution in [3.63, 3.8) is 0 Å². The summed E-state index contributed by atoms with van der Waals surface area (Å²) in [6.07, 6.45) is 2.95. The van der Waals surface area contributed by atoms with Gasteiger partial charge in [0.05, 0.1) is 12.7 Å². The van der Waals surface area contributed by atoms with Crippen LogP contribution in [0.3, 0.4) is 0 Å². The number of rotatable bonds is 6. The number of esters is 1. The Bertz CT molecular complexity index is 660. The third kappa shape index (κ3) is 4.55. The van der Waals surface area contributed by atoms with Gasteiger partial charge in [-0.25, -0.2) is 4.79 Å². The highest BCUT2D eigenvalue weighted by Gasteiger charge is 2.36. The van der Waals surface area contributed by atoms with Gasteiger partial charge in [-0.2, -0.15) is 0 Å². The molecule has 0 bridgehead atoms. The van der Waals surface area contributed by atoms with Crippen molar-refractivity contribution in [3.8, 4) is 0 Å². The van der Waals surface area contributed by atoms with E-state index in [1.807, 2.05) is 0 Å². The predicted molar refractivity (Wildman–Crippen MR) is 102 cm³/mol. The molecule has 26 heavy (non-hydrogen) atoms. The molecule has 0 saturated carbocycles. The van der Waals surface area contributed by atoms with E-state index in [-0.39, 0.29) is 24.2 Å². The van der Waals surface area contributed by atoms with Crippen molar-refractivity contribution in [2.45, 2.75) is 31.7 Å². The summed E-state index contributed by atoms with van der Waals surface area (Å²) in [6.45, 7) is 2.48. The molecule has 0 spiro atoms. The zero-order valence-corrected chi connectivity index (χ0v) is 16.3. The first-order chi connectivity index (χ1) is 12.1. The molecular formula is C17H24ClN3O4S. The van der Waals surface area contributed by atoms with Crippen molar-refractivity contribution in [1.82, 2.24) is 10.6 Å². The molecule has 1 aromatic heterocycles. The number of nitrogens with zero attached hydrogens (tertiary/aromatic N) is 1. The topological polar surface area (TPSA) is 87.7 Å². The number of hydrogen-bond donors (Lipinski definition) is 2. The van der Waals surface area contributed by atoms with Gasteiger partial charge < -0.3 is 20.3 Å². The van der Waals surface area contributed by atoms with Gasteiger partial charge in [-0.3, -0.25) is 9.59 Å². The molecule has 2 aliphatic rings. The average molecular weight is 402 g/mol. The Morgan fingerprint density at radius 3 is 2.92 bits per heavy atom. The summed E-state index contributed by atoms with van der Waals surface area (Å²) in [6, 6.07) is 1.14. The molecule has 3 rings (SSSR count). The minimum absolute atomic E-state index is 0. The van der Waals surface area contributed by atoms with E-state index in [0.29, 0.717) is 35.9 Å². The standard InChI is InChI=1S/C17H23N3O4S.ClH/c1-24-17(23)12-6-9-25-16(12)20-8-5-13(15(20)22)19-14(21)3-2-11-4-7-18-10-11;/h6,9,11,13,18H,2-5,7-8,10H2,1H3,(H,19,21);1H. The van der Waals surface area contributed by atoms with Crippen LogP contribution in [0.15, 0.2) is 11.4 Å². The Kier molecular flexibility index (Phi) is 7.43. The molecular weight excluding hydrogens is 378 g/mol. The number of nitrogens with one attached hydrogen (secondary N) is 2. The van der Waals surface area contributed by atoms with E-state index in [9.17, 15) is 14.4 Å². The van der Waals surface area contributed by atoms with E-state index in [0.717, 1.165) is 25.9 Å². The van der Waals surface area contributed by atoms with Crippen molar-refractivity contribution in [1.29, 1.82) is 0 Å². The van der Waals surface area contributed by atoms with Crippen LogP contribution in [0.2, 0.25) is 0 Å². The highest BCUT2D eigenvalue weighted by Crippen LogP contribution is 2.31. The Morgan fingerprint density at radius 2 is 2.23 bits per heavy atom. The Balaban J connectivity index is 0.00000243. The molecule has 0 radical (unpaired) electrons. The maximum Gasteiger partial charge on any atom is 0.340 e. The third-order valence-electron chi connectivity index (χ3n) is 4.78. The lowest BCUT2D eigenvalue weighted by Gasteiger charge is -2.17. The lowest BCUT2D eigenvalue weighted by Crippen LogP contribution is -2.41. The lowest BCUT2D eigenvalue weighted by molar-refractivity contribution is -0.126. The summed E-state index contributed by atoms with van der Waals surface area (Å²) < 4.78 is 4.76. The largest absolute Gasteiger partial charge is 0.465 e. The van der Waals surface area contributed by atoms with E-state index in [1.165, 1.54) is 18.4 Å². The van der Waals surface area contributed by atoms with Gasteiger partial charge in [-0.05, 0) is 49.7 Å². The Hall–Kier alpha value is -1.64. The SMILES string of the molecule is COC(=O)c1ccsc1N1CCC(NC(=O)CCC2CCNC2)C1=O.Cl. The van der Waals surface area contributed by atoms with Crippen LogP contribution < -0.4 is 15.5 Å². The van der Waals surface area contributed by atoms with E-state index in [4.69, 9.17) is 4.74 Å². The summed E-state index contributed by atoms with van der Waals surface area (Å²) in [5, 5.41) is 8.48. The quantitative estimate of drug-likeness (QED) is 0.706. The molecule has 3 heterocycles. The summed E-state index contributed by atoms with van der Waals surface area (Å²) in [5.41, 5.74) is 0.390. The molecule has 144 valence electrons. The Labute approximate surface area is 162 Å². The van der Waals surface area contributed by atoms with Gasteiger partial charge in [0.25, 0.3) is 0 Å². The van der Waals surface area contributed by atoms with Gasteiger partial charge in [0.15, 0.2) is 0 Å². The maximum absolute atomic E-state index is 12.6. The molecule has 1 aromatic rings. The van der Waals surface area contributed by atoms with Crippen LogP contribution in [-0.4, -0.2) is 50.6 Å². The number of carbonyl (C=O) groups is 3. The molecule has 2 saturated heterocycles. The minimum atomic E-state index is -0.512. The molecule has 2 aliphatic heterocycles. The Morgan fingerprint density at radius 1 is 1.42 bits per heavy atom. The fourth-order valence-corrected chi connectivity index (χ4v) is 4.27. The second kappa shape index (κ2) is 9.34. The number of methoxy groups -OCH3 is 1. The molecule has 0 aliphatic carbocycles. The first-order valence-electron chi connectivity index (χ1n) is 8.57.